The number of rotatable bonds is 9. The van der Waals surface area contributed by atoms with Gasteiger partial charge >= 0.3 is 0 Å². The van der Waals surface area contributed by atoms with Crippen LogP contribution < -0.4 is 10.1 Å². The van der Waals surface area contributed by atoms with Crippen molar-refractivity contribution in [3.8, 4) is 11.4 Å². The molecule has 2 aromatic heterocycles. The molecule has 0 spiro atoms. The molecule has 0 aliphatic rings. The minimum atomic E-state index is -0.129. The van der Waals surface area contributed by atoms with Gasteiger partial charge in [-0.2, -0.15) is 0 Å². The van der Waals surface area contributed by atoms with Crippen molar-refractivity contribution in [1.82, 2.24) is 25.1 Å². The lowest BCUT2D eigenvalue weighted by Crippen LogP contribution is -2.26. The Morgan fingerprint density at radius 1 is 1.21 bits per heavy atom. The van der Waals surface area contributed by atoms with Gasteiger partial charge in [-0.3, -0.25) is 9.36 Å². The first-order valence-corrected chi connectivity index (χ1v) is 12.2. The molecule has 176 valence electrons. The zero-order valence-electron chi connectivity index (χ0n) is 19.3. The van der Waals surface area contributed by atoms with Crippen LogP contribution in [0.25, 0.3) is 16.6 Å². The number of amides is 1. The summed E-state index contributed by atoms with van der Waals surface area (Å²) in [7, 11) is 1.63. The van der Waals surface area contributed by atoms with E-state index in [4.69, 9.17) is 16.3 Å². The number of halogens is 1. The van der Waals surface area contributed by atoms with Crippen LogP contribution in [0.4, 0.5) is 0 Å². The standard InChI is InChI=1S/C25H26ClN5O2S/c1-15(26)14-34-25-30-29-22(31(25)18-8-10-19(33-4)11-9-18)12-13-27-24(32)21-7-5-6-20-16(2)17(3)28-23(20)21/h5-11,28H,1,12-14H2,2-4H3,(H,27,32). The maximum atomic E-state index is 13.0. The molecule has 0 fully saturated rings. The predicted molar refractivity (Wildman–Crippen MR) is 137 cm³/mol. The average Bonchev–Trinajstić information content (AvgIpc) is 3.37. The Morgan fingerprint density at radius 2 is 1.97 bits per heavy atom. The average molecular weight is 496 g/mol. The van der Waals surface area contributed by atoms with E-state index in [-0.39, 0.29) is 5.91 Å². The minimum absolute atomic E-state index is 0.129. The Morgan fingerprint density at radius 3 is 2.68 bits per heavy atom. The van der Waals surface area contributed by atoms with Crippen LogP contribution in [0.3, 0.4) is 0 Å². The van der Waals surface area contributed by atoms with E-state index in [0.717, 1.165) is 39.4 Å². The number of nitrogens with zero attached hydrogens (tertiary/aromatic N) is 3. The number of aromatic nitrogens is 4. The molecule has 0 aliphatic heterocycles. The van der Waals surface area contributed by atoms with Gasteiger partial charge < -0.3 is 15.0 Å². The van der Waals surface area contributed by atoms with Gasteiger partial charge in [0.05, 0.1) is 18.2 Å². The van der Waals surface area contributed by atoms with E-state index in [2.05, 4.69) is 34.0 Å². The monoisotopic (exact) mass is 495 g/mol. The summed E-state index contributed by atoms with van der Waals surface area (Å²) < 4.78 is 7.24. The molecule has 0 saturated heterocycles. The minimum Gasteiger partial charge on any atom is -0.497 e. The highest BCUT2D eigenvalue weighted by Crippen LogP contribution is 2.26. The van der Waals surface area contributed by atoms with Crippen LogP contribution in [0.1, 0.15) is 27.4 Å². The largest absolute Gasteiger partial charge is 0.497 e. The normalized spacial score (nSPS) is 11.1. The molecule has 1 amide bonds. The van der Waals surface area contributed by atoms with E-state index in [1.54, 1.807) is 7.11 Å². The summed E-state index contributed by atoms with van der Waals surface area (Å²) in [5, 5.41) is 14.0. The van der Waals surface area contributed by atoms with Crippen molar-refractivity contribution in [2.24, 2.45) is 0 Å². The zero-order chi connectivity index (χ0) is 24.2. The molecular weight excluding hydrogens is 470 g/mol. The Balaban J connectivity index is 1.53. The fourth-order valence-electron chi connectivity index (χ4n) is 3.74. The Hall–Kier alpha value is -3.23. The Kier molecular flexibility index (Phi) is 7.29. The number of carbonyl (C=O) groups is 1. The van der Waals surface area contributed by atoms with E-state index < -0.39 is 0 Å². The fourth-order valence-corrected chi connectivity index (χ4v) is 4.63. The van der Waals surface area contributed by atoms with Gasteiger partial charge in [0.25, 0.3) is 5.91 Å². The zero-order valence-corrected chi connectivity index (χ0v) is 20.9. The van der Waals surface area contributed by atoms with Crippen LogP contribution in [0.5, 0.6) is 5.75 Å². The third kappa shape index (κ3) is 4.98. The number of hydrogen-bond donors (Lipinski definition) is 2. The van der Waals surface area contributed by atoms with Gasteiger partial charge in [-0.25, -0.2) is 0 Å². The molecule has 2 aromatic carbocycles. The summed E-state index contributed by atoms with van der Waals surface area (Å²) in [4.78, 5) is 16.3. The number of ether oxygens (including phenoxy) is 1. The lowest BCUT2D eigenvalue weighted by molar-refractivity contribution is 0.0955. The summed E-state index contributed by atoms with van der Waals surface area (Å²) in [6.07, 6.45) is 0.506. The number of fused-ring (bicyclic) bond motifs is 1. The number of thioether (sulfide) groups is 1. The summed E-state index contributed by atoms with van der Waals surface area (Å²) in [5.41, 5.74) is 4.60. The van der Waals surface area contributed by atoms with Gasteiger partial charge in [-0.15, -0.1) is 10.2 Å². The highest BCUT2D eigenvalue weighted by atomic mass is 35.5. The number of hydrogen-bond acceptors (Lipinski definition) is 5. The van der Waals surface area contributed by atoms with Crippen molar-refractivity contribution < 1.29 is 9.53 Å². The number of methoxy groups -OCH3 is 1. The third-order valence-corrected chi connectivity index (χ3v) is 6.92. The number of aromatic amines is 1. The van der Waals surface area contributed by atoms with Crippen molar-refractivity contribution in [3.05, 3.63) is 76.7 Å². The second-order valence-corrected chi connectivity index (χ2v) is 9.32. The number of H-pyrrole nitrogens is 1. The molecule has 2 heterocycles. The second kappa shape index (κ2) is 10.4. The summed E-state index contributed by atoms with van der Waals surface area (Å²) >= 11 is 7.42. The van der Waals surface area contributed by atoms with Crippen LogP contribution in [0.2, 0.25) is 0 Å². The first kappa shape index (κ1) is 23.9. The van der Waals surface area contributed by atoms with E-state index in [9.17, 15) is 4.79 Å². The van der Waals surface area contributed by atoms with Crippen LogP contribution in [-0.4, -0.2) is 45.1 Å². The third-order valence-electron chi connectivity index (χ3n) is 5.61. The van der Waals surface area contributed by atoms with Crippen molar-refractivity contribution >= 4 is 40.2 Å². The van der Waals surface area contributed by atoms with Crippen LogP contribution in [-0.2, 0) is 6.42 Å². The van der Waals surface area contributed by atoms with Crippen LogP contribution >= 0.6 is 23.4 Å². The molecule has 4 aromatic rings. The van der Waals surface area contributed by atoms with E-state index in [1.807, 2.05) is 54.0 Å². The van der Waals surface area contributed by atoms with E-state index in [1.165, 1.54) is 11.8 Å². The van der Waals surface area contributed by atoms with Crippen molar-refractivity contribution in [3.63, 3.8) is 0 Å². The Bertz CT molecular complexity index is 1340. The Labute approximate surface area is 207 Å². The molecule has 34 heavy (non-hydrogen) atoms. The molecule has 0 unspecified atom stereocenters. The van der Waals surface area contributed by atoms with Crippen LogP contribution in [0.15, 0.2) is 59.2 Å². The van der Waals surface area contributed by atoms with Gasteiger partial charge in [0.15, 0.2) is 5.16 Å². The highest BCUT2D eigenvalue weighted by Gasteiger charge is 2.17. The first-order valence-electron chi connectivity index (χ1n) is 10.8. The summed E-state index contributed by atoms with van der Waals surface area (Å²) in [6, 6.07) is 13.4. The molecule has 0 saturated carbocycles. The quantitative estimate of drug-likeness (QED) is 0.312. The second-order valence-electron chi connectivity index (χ2n) is 7.85. The molecule has 0 aliphatic carbocycles. The molecule has 0 radical (unpaired) electrons. The molecule has 9 heteroatoms. The highest BCUT2D eigenvalue weighted by molar-refractivity contribution is 7.99. The maximum Gasteiger partial charge on any atom is 0.253 e. The number of para-hydroxylation sites is 1. The topological polar surface area (TPSA) is 84.8 Å². The summed E-state index contributed by atoms with van der Waals surface area (Å²) in [6.45, 7) is 8.23. The van der Waals surface area contributed by atoms with Crippen LogP contribution in [0, 0.1) is 13.8 Å². The lowest BCUT2D eigenvalue weighted by Gasteiger charge is -2.11. The van der Waals surface area contributed by atoms with Gasteiger partial charge in [0.1, 0.15) is 11.6 Å². The van der Waals surface area contributed by atoms with Gasteiger partial charge in [-0.05, 0) is 49.7 Å². The molecule has 0 bridgehead atoms. The molecule has 0 atom stereocenters. The molecule has 7 nitrogen and oxygen atoms in total. The van der Waals surface area contributed by atoms with Crippen molar-refractivity contribution in [1.29, 1.82) is 0 Å². The first-order chi connectivity index (χ1) is 16.4. The van der Waals surface area contributed by atoms with Gasteiger partial charge in [0, 0.05) is 40.5 Å². The lowest BCUT2D eigenvalue weighted by atomic mass is 10.1. The summed E-state index contributed by atoms with van der Waals surface area (Å²) in [5.74, 6) is 1.89. The molecule has 2 N–H and O–H groups in total. The maximum absolute atomic E-state index is 13.0. The predicted octanol–water partition coefficient (Wildman–Crippen LogP) is 5.19. The number of benzene rings is 2. The van der Waals surface area contributed by atoms with Crippen molar-refractivity contribution in [2.75, 3.05) is 19.4 Å². The molecular formula is C25H26ClN5O2S. The smallest absolute Gasteiger partial charge is 0.253 e. The van der Waals surface area contributed by atoms with Gasteiger partial charge in [-0.1, -0.05) is 42.1 Å². The number of aryl methyl sites for hydroxylation is 2. The SMILES string of the molecule is C=C(Cl)CSc1nnc(CCNC(=O)c2cccc3c(C)c(C)[nH]c23)n1-c1ccc(OC)cc1. The van der Waals surface area contributed by atoms with E-state index in [0.29, 0.717) is 34.5 Å². The number of nitrogens with one attached hydrogen (secondary N) is 2. The van der Waals surface area contributed by atoms with E-state index >= 15 is 0 Å². The van der Waals surface area contributed by atoms with Gasteiger partial charge in [0.2, 0.25) is 0 Å². The molecule has 4 rings (SSSR count). The van der Waals surface area contributed by atoms with Crippen molar-refractivity contribution in [2.45, 2.75) is 25.4 Å². The fraction of sp³-hybridized carbons (Fsp3) is 0.240. The number of carbonyl (C=O) groups excluding carboxylic acids is 1.